The normalized spacial score (nSPS) is 11.5. The minimum absolute atomic E-state index is 0.204. The van der Waals surface area contributed by atoms with Crippen molar-refractivity contribution in [1.29, 1.82) is 0 Å². The molecule has 0 bridgehead atoms. The Kier molecular flexibility index (Phi) is 8.20. The molecule has 1 atom stereocenters. The molecule has 2 N–H and O–H groups in total. The monoisotopic (exact) mass is 464 g/mol. The highest BCUT2D eigenvalue weighted by atomic mass is 16.5. The molecule has 3 aromatic carbocycles. The van der Waals surface area contributed by atoms with E-state index < -0.39 is 18.0 Å². The third-order valence-electron chi connectivity index (χ3n) is 4.72. The fraction of sp³-hybridized carbons (Fsp3) is 0.160. The van der Waals surface area contributed by atoms with Gasteiger partial charge >= 0.3 is 5.97 Å². The first kappa shape index (κ1) is 24.3. The Morgan fingerprint density at radius 1 is 0.912 bits per heavy atom. The fourth-order valence-corrected chi connectivity index (χ4v) is 3.04. The van der Waals surface area contributed by atoms with Gasteiger partial charge in [0.25, 0.3) is 5.91 Å². The highest BCUT2D eigenvalue weighted by Crippen LogP contribution is 2.38. The number of rotatable bonds is 9. The van der Waals surface area contributed by atoms with E-state index in [1.165, 1.54) is 39.7 Å². The van der Waals surface area contributed by atoms with Crippen molar-refractivity contribution < 1.29 is 33.6 Å². The molecule has 0 heterocycles. The van der Waals surface area contributed by atoms with E-state index in [0.717, 1.165) is 0 Å². The lowest BCUT2D eigenvalue weighted by Crippen LogP contribution is -2.25. The number of esters is 1. The number of amides is 1. The van der Waals surface area contributed by atoms with E-state index in [9.17, 15) is 14.7 Å². The Morgan fingerprint density at radius 2 is 1.59 bits per heavy atom. The van der Waals surface area contributed by atoms with Crippen molar-refractivity contribution in [1.82, 2.24) is 5.43 Å². The van der Waals surface area contributed by atoms with Crippen molar-refractivity contribution in [2.75, 3.05) is 21.3 Å². The predicted octanol–water partition coefficient (Wildman–Crippen LogP) is 3.12. The van der Waals surface area contributed by atoms with Crippen LogP contribution in [0.4, 0.5) is 0 Å². The van der Waals surface area contributed by atoms with Crippen molar-refractivity contribution in [2.45, 2.75) is 6.10 Å². The molecule has 0 aliphatic heterocycles. The van der Waals surface area contributed by atoms with Crippen molar-refractivity contribution in [3.05, 3.63) is 83.4 Å². The largest absolute Gasteiger partial charge is 0.493 e. The summed E-state index contributed by atoms with van der Waals surface area (Å²) in [6.07, 6.45) is 0.0240. The van der Waals surface area contributed by atoms with Crippen LogP contribution in [-0.2, 0) is 4.79 Å². The first-order chi connectivity index (χ1) is 16.5. The molecule has 0 fully saturated rings. The Balaban J connectivity index is 1.67. The van der Waals surface area contributed by atoms with Gasteiger partial charge in [0.1, 0.15) is 5.75 Å². The number of hydrogen-bond donors (Lipinski definition) is 2. The summed E-state index contributed by atoms with van der Waals surface area (Å²) < 4.78 is 21.2. The Bertz CT molecular complexity index is 1150. The highest BCUT2D eigenvalue weighted by molar-refractivity contribution is 5.93. The van der Waals surface area contributed by atoms with Gasteiger partial charge in [-0.05, 0) is 35.4 Å². The average Bonchev–Trinajstić information content (AvgIpc) is 2.87. The number of nitrogens with one attached hydrogen (secondary N) is 1. The molecule has 0 radical (unpaired) electrons. The van der Waals surface area contributed by atoms with E-state index >= 15 is 0 Å². The number of aliphatic hydroxyl groups excluding tert-OH is 1. The molecule has 9 nitrogen and oxygen atoms in total. The molecule has 0 aromatic heterocycles. The first-order valence-electron chi connectivity index (χ1n) is 10.1. The Morgan fingerprint density at radius 3 is 2.21 bits per heavy atom. The molecule has 0 spiro atoms. The van der Waals surface area contributed by atoms with Gasteiger partial charge in [0.15, 0.2) is 17.6 Å². The lowest BCUT2D eigenvalue weighted by molar-refractivity contribution is -0.129. The van der Waals surface area contributed by atoms with E-state index in [1.54, 1.807) is 54.6 Å². The number of benzene rings is 3. The number of ether oxygens (including phenoxy) is 4. The lowest BCUT2D eigenvalue weighted by Gasteiger charge is -2.13. The second kappa shape index (κ2) is 11.5. The molecule has 3 aromatic rings. The van der Waals surface area contributed by atoms with Crippen LogP contribution in [0.25, 0.3) is 0 Å². The summed E-state index contributed by atoms with van der Waals surface area (Å²) in [6.45, 7) is 0. The average molecular weight is 464 g/mol. The van der Waals surface area contributed by atoms with Crippen molar-refractivity contribution in [2.24, 2.45) is 5.10 Å². The molecular weight excluding hydrogens is 440 g/mol. The third kappa shape index (κ3) is 5.90. The standard InChI is InChI=1S/C25H24N2O7/c1-31-20-13-18(14-21(32-2)23(20)33-3)25(30)34-19-11-7-8-16(12-19)15-26-27-24(29)22(28)17-9-5-4-6-10-17/h4-15,22,28H,1-3H3,(H,27,29)/t22-/m0/s1. The van der Waals surface area contributed by atoms with Crippen LogP contribution in [0.5, 0.6) is 23.0 Å². The van der Waals surface area contributed by atoms with Gasteiger partial charge in [-0.15, -0.1) is 0 Å². The van der Waals surface area contributed by atoms with Gasteiger partial charge in [0.2, 0.25) is 5.75 Å². The zero-order chi connectivity index (χ0) is 24.5. The highest BCUT2D eigenvalue weighted by Gasteiger charge is 2.19. The molecule has 176 valence electrons. The second-order valence-corrected chi connectivity index (χ2v) is 6.92. The van der Waals surface area contributed by atoms with E-state index in [4.69, 9.17) is 18.9 Å². The van der Waals surface area contributed by atoms with Crippen molar-refractivity contribution in [3.8, 4) is 23.0 Å². The van der Waals surface area contributed by atoms with Gasteiger partial charge < -0.3 is 24.1 Å². The minimum atomic E-state index is -1.34. The van der Waals surface area contributed by atoms with Crippen LogP contribution in [-0.4, -0.2) is 44.5 Å². The topological polar surface area (TPSA) is 116 Å². The predicted molar refractivity (Wildman–Crippen MR) is 125 cm³/mol. The third-order valence-corrected chi connectivity index (χ3v) is 4.72. The van der Waals surface area contributed by atoms with Gasteiger partial charge in [-0.1, -0.05) is 42.5 Å². The van der Waals surface area contributed by atoms with Crippen LogP contribution < -0.4 is 24.4 Å². The molecule has 0 saturated heterocycles. The minimum Gasteiger partial charge on any atom is -0.493 e. The van der Waals surface area contributed by atoms with Crippen LogP contribution in [0.2, 0.25) is 0 Å². The van der Waals surface area contributed by atoms with Gasteiger partial charge in [0, 0.05) is 0 Å². The number of methoxy groups -OCH3 is 3. The maximum absolute atomic E-state index is 12.7. The van der Waals surface area contributed by atoms with Crippen LogP contribution in [0.1, 0.15) is 27.6 Å². The van der Waals surface area contributed by atoms with Crippen molar-refractivity contribution >= 4 is 18.1 Å². The summed E-state index contributed by atoms with van der Waals surface area (Å²) in [7, 11) is 4.37. The summed E-state index contributed by atoms with van der Waals surface area (Å²) in [6, 6.07) is 18.0. The van der Waals surface area contributed by atoms with Gasteiger partial charge in [0.05, 0.1) is 33.1 Å². The van der Waals surface area contributed by atoms with Crippen LogP contribution in [0.3, 0.4) is 0 Å². The molecule has 3 rings (SSSR count). The Labute approximate surface area is 196 Å². The number of hydrogen-bond acceptors (Lipinski definition) is 8. The molecule has 0 aliphatic rings. The zero-order valence-electron chi connectivity index (χ0n) is 18.8. The van der Waals surface area contributed by atoms with Gasteiger partial charge in [-0.3, -0.25) is 4.79 Å². The maximum atomic E-state index is 12.7. The second-order valence-electron chi connectivity index (χ2n) is 6.92. The molecular formula is C25H24N2O7. The smallest absolute Gasteiger partial charge is 0.343 e. The molecule has 34 heavy (non-hydrogen) atoms. The van der Waals surface area contributed by atoms with Crippen LogP contribution in [0.15, 0.2) is 71.8 Å². The summed E-state index contributed by atoms with van der Waals surface area (Å²) in [5.74, 6) is -0.0381. The number of hydrazone groups is 1. The molecule has 9 heteroatoms. The van der Waals surface area contributed by atoms with E-state index in [2.05, 4.69) is 10.5 Å². The fourth-order valence-electron chi connectivity index (χ4n) is 3.04. The van der Waals surface area contributed by atoms with Crippen molar-refractivity contribution in [3.63, 3.8) is 0 Å². The number of carbonyl (C=O) groups excluding carboxylic acids is 2. The maximum Gasteiger partial charge on any atom is 0.343 e. The molecule has 0 unspecified atom stereocenters. The number of aliphatic hydroxyl groups is 1. The molecule has 1 amide bonds. The number of nitrogens with zero attached hydrogens (tertiary/aromatic N) is 1. The van der Waals surface area contributed by atoms with Gasteiger partial charge in [-0.2, -0.15) is 5.10 Å². The summed E-state index contributed by atoms with van der Waals surface area (Å²) >= 11 is 0. The van der Waals surface area contributed by atoms with E-state index in [0.29, 0.717) is 28.4 Å². The summed E-state index contributed by atoms with van der Waals surface area (Å²) in [5, 5.41) is 13.9. The summed E-state index contributed by atoms with van der Waals surface area (Å²) in [5.41, 5.74) is 3.50. The van der Waals surface area contributed by atoms with E-state index in [-0.39, 0.29) is 11.3 Å². The lowest BCUT2D eigenvalue weighted by atomic mass is 10.1. The molecule has 0 saturated carbocycles. The van der Waals surface area contributed by atoms with E-state index in [1.807, 2.05) is 0 Å². The Hall–Kier alpha value is -4.37. The van der Waals surface area contributed by atoms with Gasteiger partial charge in [-0.25, -0.2) is 10.2 Å². The SMILES string of the molecule is COc1cc(C(=O)Oc2cccc(C=NNC(=O)[C@@H](O)c3ccccc3)c2)cc(OC)c1OC. The first-order valence-corrected chi connectivity index (χ1v) is 10.1. The van der Waals surface area contributed by atoms with Crippen LogP contribution >= 0.6 is 0 Å². The zero-order valence-corrected chi connectivity index (χ0v) is 18.8. The quantitative estimate of drug-likeness (QED) is 0.216. The molecule has 0 aliphatic carbocycles. The van der Waals surface area contributed by atoms with Crippen LogP contribution in [0, 0.1) is 0 Å². The number of carbonyl (C=O) groups is 2. The summed E-state index contributed by atoms with van der Waals surface area (Å²) in [4.78, 5) is 24.8.